The van der Waals surface area contributed by atoms with Gasteiger partial charge in [-0.25, -0.2) is 0 Å². The van der Waals surface area contributed by atoms with Crippen LogP contribution in [0.25, 0.3) is 0 Å². The SMILES string of the molecule is C=CCNCCOCCOC(C)C. The molecule has 0 atom stereocenters. The molecule has 0 heterocycles. The first kappa shape index (κ1) is 12.6. The average molecular weight is 187 g/mol. The fraction of sp³-hybridized carbons (Fsp3) is 0.800. The van der Waals surface area contributed by atoms with E-state index in [-0.39, 0.29) is 0 Å². The molecular weight excluding hydrogens is 166 g/mol. The topological polar surface area (TPSA) is 30.5 Å². The van der Waals surface area contributed by atoms with Crippen LogP contribution in [0.4, 0.5) is 0 Å². The highest BCUT2D eigenvalue weighted by molar-refractivity contribution is 4.68. The predicted octanol–water partition coefficient (Wildman–Crippen LogP) is 1.20. The van der Waals surface area contributed by atoms with Gasteiger partial charge in [-0.3, -0.25) is 0 Å². The first-order chi connectivity index (χ1) is 6.27. The molecule has 0 rings (SSSR count). The lowest BCUT2D eigenvalue weighted by Gasteiger charge is -2.08. The molecule has 0 aliphatic rings. The molecule has 0 spiro atoms. The molecule has 0 amide bonds. The monoisotopic (exact) mass is 187 g/mol. The van der Waals surface area contributed by atoms with Gasteiger partial charge in [0.2, 0.25) is 0 Å². The van der Waals surface area contributed by atoms with Crippen LogP contribution in [0.1, 0.15) is 13.8 Å². The van der Waals surface area contributed by atoms with Crippen LogP contribution in [-0.2, 0) is 9.47 Å². The molecule has 0 bridgehead atoms. The Labute approximate surface area is 81.1 Å². The molecule has 3 heteroatoms. The quantitative estimate of drug-likeness (QED) is 0.434. The van der Waals surface area contributed by atoms with Crippen LogP contribution < -0.4 is 5.32 Å². The predicted molar refractivity (Wildman–Crippen MR) is 55.0 cm³/mol. The van der Waals surface area contributed by atoms with Gasteiger partial charge in [-0.15, -0.1) is 6.58 Å². The first-order valence-corrected chi connectivity index (χ1v) is 4.78. The highest BCUT2D eigenvalue weighted by Gasteiger charge is 1.92. The standard InChI is InChI=1S/C10H21NO2/c1-4-5-11-6-7-12-8-9-13-10(2)3/h4,10-11H,1,5-9H2,2-3H3. The molecule has 0 aromatic carbocycles. The molecular formula is C10H21NO2. The van der Waals surface area contributed by atoms with E-state index in [1.54, 1.807) is 0 Å². The smallest absolute Gasteiger partial charge is 0.0703 e. The van der Waals surface area contributed by atoms with Crippen molar-refractivity contribution in [3.8, 4) is 0 Å². The third-order valence-corrected chi connectivity index (χ3v) is 1.39. The normalized spacial score (nSPS) is 10.7. The van der Waals surface area contributed by atoms with E-state index in [0.29, 0.717) is 19.3 Å². The van der Waals surface area contributed by atoms with Gasteiger partial charge in [0.25, 0.3) is 0 Å². The Bertz CT molecular complexity index is 115. The van der Waals surface area contributed by atoms with Crippen molar-refractivity contribution in [1.82, 2.24) is 5.32 Å². The van der Waals surface area contributed by atoms with Crippen LogP contribution in [0.2, 0.25) is 0 Å². The van der Waals surface area contributed by atoms with Gasteiger partial charge < -0.3 is 14.8 Å². The van der Waals surface area contributed by atoms with Gasteiger partial charge in [0.15, 0.2) is 0 Å². The largest absolute Gasteiger partial charge is 0.378 e. The van der Waals surface area contributed by atoms with E-state index in [0.717, 1.165) is 19.7 Å². The Kier molecular flexibility index (Phi) is 9.42. The molecule has 0 unspecified atom stereocenters. The zero-order valence-electron chi connectivity index (χ0n) is 8.71. The van der Waals surface area contributed by atoms with Crippen molar-refractivity contribution in [2.75, 3.05) is 32.9 Å². The maximum Gasteiger partial charge on any atom is 0.0703 e. The Morgan fingerprint density at radius 3 is 2.69 bits per heavy atom. The van der Waals surface area contributed by atoms with Crippen LogP contribution in [0.5, 0.6) is 0 Å². The fourth-order valence-corrected chi connectivity index (χ4v) is 0.793. The van der Waals surface area contributed by atoms with Gasteiger partial charge in [-0.2, -0.15) is 0 Å². The summed E-state index contributed by atoms with van der Waals surface area (Å²) < 4.78 is 10.6. The summed E-state index contributed by atoms with van der Waals surface area (Å²) in [4.78, 5) is 0. The summed E-state index contributed by atoms with van der Waals surface area (Å²) in [5.41, 5.74) is 0. The van der Waals surface area contributed by atoms with Gasteiger partial charge in [0.05, 0.1) is 25.9 Å². The summed E-state index contributed by atoms with van der Waals surface area (Å²) in [7, 11) is 0. The molecule has 0 aliphatic heterocycles. The third kappa shape index (κ3) is 11.6. The van der Waals surface area contributed by atoms with Crippen molar-refractivity contribution in [2.24, 2.45) is 0 Å². The van der Waals surface area contributed by atoms with Crippen molar-refractivity contribution in [1.29, 1.82) is 0 Å². The van der Waals surface area contributed by atoms with Crippen LogP contribution in [-0.4, -0.2) is 39.0 Å². The zero-order chi connectivity index (χ0) is 9.94. The molecule has 1 N–H and O–H groups in total. The second-order valence-corrected chi connectivity index (χ2v) is 3.02. The van der Waals surface area contributed by atoms with Crippen molar-refractivity contribution < 1.29 is 9.47 Å². The molecule has 0 fully saturated rings. The van der Waals surface area contributed by atoms with E-state index >= 15 is 0 Å². The average Bonchev–Trinajstić information content (AvgIpc) is 2.09. The minimum absolute atomic E-state index is 0.294. The number of hydrogen-bond donors (Lipinski definition) is 1. The van der Waals surface area contributed by atoms with E-state index in [4.69, 9.17) is 9.47 Å². The van der Waals surface area contributed by atoms with Crippen molar-refractivity contribution in [2.45, 2.75) is 20.0 Å². The van der Waals surface area contributed by atoms with E-state index in [2.05, 4.69) is 11.9 Å². The zero-order valence-corrected chi connectivity index (χ0v) is 8.71. The summed E-state index contributed by atoms with van der Waals surface area (Å²) in [5.74, 6) is 0. The van der Waals surface area contributed by atoms with Gasteiger partial charge in [0, 0.05) is 13.1 Å². The summed E-state index contributed by atoms with van der Waals surface area (Å²) in [5, 5.41) is 3.15. The van der Waals surface area contributed by atoms with Crippen molar-refractivity contribution >= 4 is 0 Å². The molecule has 0 saturated heterocycles. The summed E-state index contributed by atoms with van der Waals surface area (Å²) in [6.07, 6.45) is 2.13. The minimum Gasteiger partial charge on any atom is -0.378 e. The van der Waals surface area contributed by atoms with Gasteiger partial charge >= 0.3 is 0 Å². The lowest BCUT2D eigenvalue weighted by Crippen LogP contribution is -2.20. The number of rotatable bonds is 9. The first-order valence-electron chi connectivity index (χ1n) is 4.78. The summed E-state index contributed by atoms with van der Waals surface area (Å²) in [6.45, 7) is 11.4. The highest BCUT2D eigenvalue weighted by Crippen LogP contribution is 1.86. The van der Waals surface area contributed by atoms with Gasteiger partial charge in [-0.05, 0) is 13.8 Å². The third-order valence-electron chi connectivity index (χ3n) is 1.39. The van der Waals surface area contributed by atoms with E-state index in [9.17, 15) is 0 Å². The van der Waals surface area contributed by atoms with Crippen LogP contribution in [0.15, 0.2) is 12.7 Å². The molecule has 13 heavy (non-hydrogen) atoms. The van der Waals surface area contributed by atoms with E-state index < -0.39 is 0 Å². The number of ether oxygens (including phenoxy) is 2. The lowest BCUT2D eigenvalue weighted by molar-refractivity contribution is 0.0205. The number of hydrogen-bond acceptors (Lipinski definition) is 3. The van der Waals surface area contributed by atoms with Crippen molar-refractivity contribution in [3.63, 3.8) is 0 Å². The summed E-state index contributed by atoms with van der Waals surface area (Å²) in [6, 6.07) is 0. The maximum atomic E-state index is 5.31. The van der Waals surface area contributed by atoms with Crippen LogP contribution in [0.3, 0.4) is 0 Å². The molecule has 0 aromatic rings. The number of nitrogens with one attached hydrogen (secondary N) is 1. The van der Waals surface area contributed by atoms with Gasteiger partial charge in [0.1, 0.15) is 0 Å². The summed E-state index contributed by atoms with van der Waals surface area (Å²) >= 11 is 0. The van der Waals surface area contributed by atoms with Crippen LogP contribution in [0, 0.1) is 0 Å². The lowest BCUT2D eigenvalue weighted by atomic mass is 10.5. The van der Waals surface area contributed by atoms with Crippen LogP contribution >= 0.6 is 0 Å². The van der Waals surface area contributed by atoms with Gasteiger partial charge in [-0.1, -0.05) is 6.08 Å². The molecule has 0 radical (unpaired) electrons. The maximum absolute atomic E-state index is 5.31. The molecule has 0 saturated carbocycles. The van der Waals surface area contributed by atoms with E-state index in [1.807, 2.05) is 19.9 Å². The molecule has 78 valence electrons. The Morgan fingerprint density at radius 2 is 2.08 bits per heavy atom. The van der Waals surface area contributed by atoms with Crippen molar-refractivity contribution in [3.05, 3.63) is 12.7 Å². The molecule has 0 aromatic heterocycles. The molecule has 3 nitrogen and oxygen atoms in total. The second kappa shape index (κ2) is 9.71. The van der Waals surface area contributed by atoms with E-state index in [1.165, 1.54) is 0 Å². The Morgan fingerprint density at radius 1 is 1.31 bits per heavy atom. The Hall–Kier alpha value is -0.380. The fourth-order valence-electron chi connectivity index (χ4n) is 0.793. The Balaban J connectivity index is 2.87. The second-order valence-electron chi connectivity index (χ2n) is 3.02. The molecule has 0 aliphatic carbocycles. The highest BCUT2D eigenvalue weighted by atomic mass is 16.5. The minimum atomic E-state index is 0.294.